The molecule has 0 aliphatic carbocycles. The summed E-state index contributed by atoms with van der Waals surface area (Å²) in [5, 5.41) is 0. The molecule has 17 heavy (non-hydrogen) atoms. The highest BCUT2D eigenvalue weighted by Gasteiger charge is 2.11. The Balaban J connectivity index is 3.16. The van der Waals surface area contributed by atoms with Crippen molar-refractivity contribution in [2.24, 2.45) is 11.7 Å². The first-order chi connectivity index (χ1) is 8.22. The van der Waals surface area contributed by atoms with Gasteiger partial charge in [-0.1, -0.05) is 58.8 Å². The molecule has 0 rings (SSSR count). The van der Waals surface area contributed by atoms with Gasteiger partial charge in [0.05, 0.1) is 12.5 Å². The Morgan fingerprint density at radius 3 is 2.12 bits per heavy atom. The van der Waals surface area contributed by atoms with Gasteiger partial charge in [-0.25, -0.2) is 0 Å². The van der Waals surface area contributed by atoms with E-state index in [9.17, 15) is 4.79 Å². The summed E-state index contributed by atoms with van der Waals surface area (Å²) in [4.78, 5) is 11.3. The molecule has 0 aliphatic rings. The van der Waals surface area contributed by atoms with Crippen LogP contribution in [0, 0.1) is 5.92 Å². The Morgan fingerprint density at radius 2 is 1.59 bits per heavy atom. The summed E-state index contributed by atoms with van der Waals surface area (Å²) >= 11 is 0. The molecule has 2 N–H and O–H groups in total. The summed E-state index contributed by atoms with van der Waals surface area (Å²) in [5.74, 6) is -0.320. The Hall–Kier alpha value is -0.570. The van der Waals surface area contributed by atoms with Crippen LogP contribution in [0.15, 0.2) is 0 Å². The minimum Gasteiger partial charge on any atom is -0.465 e. The summed E-state index contributed by atoms with van der Waals surface area (Å²) in [6.07, 6.45) is 10.1. The second-order valence-corrected chi connectivity index (χ2v) is 4.78. The Morgan fingerprint density at radius 1 is 1.06 bits per heavy atom. The molecular formula is C14H29NO2. The number of hydrogen-bond donors (Lipinski definition) is 1. The monoisotopic (exact) mass is 243 g/mol. The van der Waals surface area contributed by atoms with Crippen molar-refractivity contribution in [3.63, 3.8) is 0 Å². The van der Waals surface area contributed by atoms with E-state index in [1.54, 1.807) is 6.92 Å². The number of ether oxygens (including phenoxy) is 1. The molecule has 0 unspecified atom stereocenters. The van der Waals surface area contributed by atoms with Gasteiger partial charge >= 0.3 is 5.97 Å². The van der Waals surface area contributed by atoms with Crippen LogP contribution in [0.2, 0.25) is 0 Å². The summed E-state index contributed by atoms with van der Waals surface area (Å²) in [7, 11) is 0. The van der Waals surface area contributed by atoms with Gasteiger partial charge in [0.1, 0.15) is 0 Å². The molecule has 0 heterocycles. The zero-order valence-electron chi connectivity index (χ0n) is 11.5. The van der Waals surface area contributed by atoms with Crippen LogP contribution in [0.3, 0.4) is 0 Å². The van der Waals surface area contributed by atoms with Crippen molar-refractivity contribution < 1.29 is 9.53 Å². The molecule has 0 saturated heterocycles. The van der Waals surface area contributed by atoms with E-state index in [1.807, 2.05) is 0 Å². The van der Waals surface area contributed by atoms with Crippen LogP contribution in [0.1, 0.15) is 65.2 Å². The zero-order chi connectivity index (χ0) is 12.9. The van der Waals surface area contributed by atoms with Crippen LogP contribution in [0.25, 0.3) is 0 Å². The molecule has 3 nitrogen and oxygen atoms in total. The third-order valence-corrected chi connectivity index (χ3v) is 3.00. The lowest BCUT2D eigenvalue weighted by Crippen LogP contribution is -2.23. The number of unbranched alkanes of at least 4 members (excludes halogenated alkanes) is 7. The molecule has 0 aromatic heterocycles. The first-order valence-corrected chi connectivity index (χ1v) is 7.09. The van der Waals surface area contributed by atoms with Gasteiger partial charge in [-0.2, -0.15) is 0 Å². The van der Waals surface area contributed by atoms with Crippen LogP contribution in [0.5, 0.6) is 0 Å². The minimum absolute atomic E-state index is 0.157. The van der Waals surface area contributed by atoms with Gasteiger partial charge in [-0.15, -0.1) is 0 Å². The second-order valence-electron chi connectivity index (χ2n) is 4.78. The van der Waals surface area contributed by atoms with E-state index in [4.69, 9.17) is 10.5 Å². The highest BCUT2D eigenvalue weighted by molar-refractivity contribution is 5.72. The molecule has 0 bridgehead atoms. The molecule has 0 aromatic rings. The SMILES string of the molecule is CCCCCCCCCCOC(=O)[C@@H](C)CN. The van der Waals surface area contributed by atoms with Crippen molar-refractivity contribution in [2.45, 2.75) is 65.2 Å². The molecule has 102 valence electrons. The molecule has 1 atom stereocenters. The average Bonchev–Trinajstić information content (AvgIpc) is 2.35. The maximum Gasteiger partial charge on any atom is 0.309 e. The van der Waals surface area contributed by atoms with Crippen LogP contribution in [-0.2, 0) is 9.53 Å². The summed E-state index contributed by atoms with van der Waals surface area (Å²) in [5.41, 5.74) is 5.38. The molecule has 0 fully saturated rings. The number of hydrogen-bond acceptors (Lipinski definition) is 3. The van der Waals surface area contributed by atoms with Crippen LogP contribution < -0.4 is 5.73 Å². The Kier molecular flexibility index (Phi) is 11.5. The van der Waals surface area contributed by atoms with Gasteiger partial charge in [0.15, 0.2) is 0 Å². The number of rotatable bonds is 11. The van der Waals surface area contributed by atoms with E-state index in [-0.39, 0.29) is 11.9 Å². The third kappa shape index (κ3) is 10.3. The summed E-state index contributed by atoms with van der Waals surface area (Å²) in [6, 6.07) is 0. The van der Waals surface area contributed by atoms with Gasteiger partial charge in [0.2, 0.25) is 0 Å². The first kappa shape index (κ1) is 16.4. The number of esters is 1. The number of nitrogens with two attached hydrogens (primary N) is 1. The van der Waals surface area contributed by atoms with E-state index in [2.05, 4.69) is 6.92 Å². The van der Waals surface area contributed by atoms with E-state index in [0.717, 1.165) is 12.8 Å². The van der Waals surface area contributed by atoms with Crippen molar-refractivity contribution in [1.82, 2.24) is 0 Å². The van der Waals surface area contributed by atoms with Crippen molar-refractivity contribution in [2.75, 3.05) is 13.2 Å². The first-order valence-electron chi connectivity index (χ1n) is 7.09. The van der Waals surface area contributed by atoms with Crippen molar-refractivity contribution >= 4 is 5.97 Å². The highest BCUT2D eigenvalue weighted by atomic mass is 16.5. The van der Waals surface area contributed by atoms with E-state index < -0.39 is 0 Å². The van der Waals surface area contributed by atoms with Crippen molar-refractivity contribution in [1.29, 1.82) is 0 Å². The largest absolute Gasteiger partial charge is 0.465 e. The number of carbonyl (C=O) groups excluding carboxylic acids is 1. The topological polar surface area (TPSA) is 52.3 Å². The Labute approximate surface area is 106 Å². The molecule has 0 spiro atoms. The van der Waals surface area contributed by atoms with Gasteiger partial charge in [-0.3, -0.25) is 4.79 Å². The standard InChI is InChI=1S/C14H29NO2/c1-3-4-5-6-7-8-9-10-11-17-14(16)13(2)12-15/h13H,3-12,15H2,1-2H3/t13-/m0/s1. The average molecular weight is 243 g/mol. The number of carbonyl (C=O) groups is 1. The smallest absolute Gasteiger partial charge is 0.309 e. The lowest BCUT2D eigenvalue weighted by molar-refractivity contribution is -0.147. The lowest BCUT2D eigenvalue weighted by Gasteiger charge is -2.08. The predicted molar refractivity (Wildman–Crippen MR) is 71.8 cm³/mol. The lowest BCUT2D eigenvalue weighted by atomic mass is 10.1. The van der Waals surface area contributed by atoms with Crippen LogP contribution in [-0.4, -0.2) is 19.1 Å². The van der Waals surface area contributed by atoms with E-state index in [0.29, 0.717) is 13.2 Å². The fourth-order valence-corrected chi connectivity index (χ4v) is 1.65. The molecule has 3 heteroatoms. The minimum atomic E-state index is -0.163. The molecule has 0 aliphatic heterocycles. The van der Waals surface area contributed by atoms with E-state index >= 15 is 0 Å². The molecular weight excluding hydrogens is 214 g/mol. The molecule has 0 amide bonds. The third-order valence-electron chi connectivity index (χ3n) is 3.00. The highest BCUT2D eigenvalue weighted by Crippen LogP contribution is 2.08. The molecule has 0 radical (unpaired) electrons. The Bertz CT molecular complexity index is 183. The summed E-state index contributed by atoms with van der Waals surface area (Å²) < 4.78 is 5.12. The molecule has 0 aromatic carbocycles. The fourth-order valence-electron chi connectivity index (χ4n) is 1.65. The normalized spacial score (nSPS) is 12.4. The fraction of sp³-hybridized carbons (Fsp3) is 0.929. The van der Waals surface area contributed by atoms with Gasteiger partial charge in [0, 0.05) is 6.54 Å². The maximum atomic E-state index is 11.3. The quantitative estimate of drug-likeness (QED) is 0.447. The molecule has 0 saturated carbocycles. The van der Waals surface area contributed by atoms with Gasteiger partial charge < -0.3 is 10.5 Å². The van der Waals surface area contributed by atoms with Crippen molar-refractivity contribution in [3.8, 4) is 0 Å². The summed E-state index contributed by atoms with van der Waals surface area (Å²) in [6.45, 7) is 4.96. The van der Waals surface area contributed by atoms with Gasteiger partial charge in [-0.05, 0) is 6.42 Å². The predicted octanol–water partition coefficient (Wildman–Crippen LogP) is 3.27. The maximum absolute atomic E-state index is 11.3. The zero-order valence-corrected chi connectivity index (χ0v) is 11.5. The van der Waals surface area contributed by atoms with Crippen LogP contribution in [0.4, 0.5) is 0 Å². The van der Waals surface area contributed by atoms with E-state index in [1.165, 1.54) is 38.5 Å². The van der Waals surface area contributed by atoms with Crippen LogP contribution >= 0.6 is 0 Å². The van der Waals surface area contributed by atoms with Crippen molar-refractivity contribution in [3.05, 3.63) is 0 Å². The second kappa shape index (κ2) is 11.9. The van der Waals surface area contributed by atoms with Gasteiger partial charge in [0.25, 0.3) is 0 Å².